The first-order valence-electron chi connectivity index (χ1n) is 8.56. The maximum Gasteiger partial charge on any atom is 0.254 e. The van der Waals surface area contributed by atoms with Crippen molar-refractivity contribution in [3.63, 3.8) is 0 Å². The molecule has 136 valence electrons. The fourth-order valence-corrected chi connectivity index (χ4v) is 5.74. The van der Waals surface area contributed by atoms with Crippen LogP contribution in [0.1, 0.15) is 36.0 Å². The van der Waals surface area contributed by atoms with Gasteiger partial charge in [0.15, 0.2) is 11.5 Å². The Morgan fingerprint density at radius 1 is 1.12 bits per heavy atom. The topological polar surface area (TPSA) is 76.2 Å². The number of amides is 1. The summed E-state index contributed by atoms with van der Waals surface area (Å²) in [6, 6.07) is 5.18. The second-order valence-corrected chi connectivity index (χ2v) is 8.97. The molecule has 1 aromatic carbocycles. The highest BCUT2D eigenvalue weighted by Crippen LogP contribution is 2.39. The zero-order valence-electron chi connectivity index (χ0n) is 14.2. The number of carbonyl (C=O) groups excluding carboxylic acids is 1. The van der Waals surface area contributed by atoms with E-state index in [0.717, 1.165) is 25.7 Å². The summed E-state index contributed by atoms with van der Waals surface area (Å²) in [5, 5.41) is 0. The van der Waals surface area contributed by atoms with Crippen molar-refractivity contribution >= 4 is 15.9 Å². The lowest BCUT2D eigenvalue weighted by atomic mass is 9.87. The monoisotopic (exact) mass is 366 g/mol. The minimum absolute atomic E-state index is 0.0854. The molecule has 3 aliphatic rings. The lowest BCUT2D eigenvalue weighted by Gasteiger charge is -2.44. The van der Waals surface area contributed by atoms with Gasteiger partial charge in [0.1, 0.15) is 0 Å². The molecule has 2 fully saturated rings. The molecule has 0 saturated carbocycles. The number of likely N-dealkylation sites (tertiary alicyclic amines) is 1. The van der Waals surface area contributed by atoms with Crippen molar-refractivity contribution in [1.29, 1.82) is 0 Å². The summed E-state index contributed by atoms with van der Waals surface area (Å²) in [6.07, 6.45) is 4.54. The first-order valence-corrected chi connectivity index (χ1v) is 10.4. The molecule has 0 aliphatic carbocycles. The number of nitrogens with zero attached hydrogens (tertiary/aromatic N) is 2. The van der Waals surface area contributed by atoms with Crippen LogP contribution < -0.4 is 9.47 Å². The fourth-order valence-electron chi connectivity index (χ4n) is 4.34. The molecule has 1 spiro atoms. The van der Waals surface area contributed by atoms with Gasteiger partial charge in [-0.05, 0) is 43.9 Å². The number of hydrogen-bond donors (Lipinski definition) is 0. The summed E-state index contributed by atoms with van der Waals surface area (Å²) in [4.78, 5) is 14.7. The Bertz CT molecular complexity index is 809. The van der Waals surface area contributed by atoms with E-state index in [1.54, 1.807) is 27.4 Å². The molecule has 1 atom stereocenters. The minimum Gasteiger partial charge on any atom is -0.454 e. The van der Waals surface area contributed by atoms with Crippen molar-refractivity contribution in [2.24, 2.45) is 0 Å². The SMILES string of the molecule is CS(=O)(=O)N1CCC[C@@]12CCCN(C(=O)c1ccc3c(c1)OCO3)C2. The number of piperidine rings is 1. The fraction of sp³-hybridized carbons (Fsp3) is 0.588. The summed E-state index contributed by atoms with van der Waals surface area (Å²) in [5.41, 5.74) is 0.0999. The van der Waals surface area contributed by atoms with Crippen molar-refractivity contribution in [3.05, 3.63) is 23.8 Å². The Kier molecular flexibility index (Phi) is 3.92. The molecule has 0 unspecified atom stereocenters. The average Bonchev–Trinajstić information content (AvgIpc) is 3.20. The molecular weight excluding hydrogens is 344 g/mol. The number of hydrogen-bond acceptors (Lipinski definition) is 5. The number of ether oxygens (including phenoxy) is 2. The maximum absolute atomic E-state index is 13.0. The first kappa shape index (κ1) is 16.7. The van der Waals surface area contributed by atoms with Crippen molar-refractivity contribution in [2.75, 3.05) is 32.7 Å². The maximum atomic E-state index is 13.0. The molecule has 0 radical (unpaired) electrons. The van der Waals surface area contributed by atoms with E-state index < -0.39 is 15.6 Å². The second-order valence-electron chi connectivity index (χ2n) is 7.06. The van der Waals surface area contributed by atoms with E-state index in [9.17, 15) is 13.2 Å². The van der Waals surface area contributed by atoms with Gasteiger partial charge in [0, 0.05) is 25.2 Å². The number of fused-ring (bicyclic) bond motifs is 1. The van der Waals surface area contributed by atoms with Crippen molar-refractivity contribution in [3.8, 4) is 11.5 Å². The van der Waals surface area contributed by atoms with E-state index in [0.29, 0.717) is 36.7 Å². The van der Waals surface area contributed by atoms with Crippen molar-refractivity contribution in [1.82, 2.24) is 9.21 Å². The largest absolute Gasteiger partial charge is 0.454 e. The van der Waals surface area contributed by atoms with Crippen LogP contribution in [0.4, 0.5) is 0 Å². The zero-order valence-corrected chi connectivity index (χ0v) is 15.0. The van der Waals surface area contributed by atoms with Crippen LogP contribution in [0.15, 0.2) is 18.2 Å². The van der Waals surface area contributed by atoms with E-state index in [1.165, 1.54) is 6.26 Å². The lowest BCUT2D eigenvalue weighted by Crippen LogP contribution is -2.58. The van der Waals surface area contributed by atoms with Crippen LogP contribution in [0.3, 0.4) is 0 Å². The molecule has 7 nitrogen and oxygen atoms in total. The van der Waals surface area contributed by atoms with Crippen molar-refractivity contribution in [2.45, 2.75) is 31.2 Å². The zero-order chi connectivity index (χ0) is 17.7. The number of benzene rings is 1. The van der Waals surface area contributed by atoms with Gasteiger partial charge in [-0.1, -0.05) is 0 Å². The van der Waals surface area contributed by atoms with E-state index in [1.807, 2.05) is 0 Å². The van der Waals surface area contributed by atoms with Gasteiger partial charge in [0.25, 0.3) is 5.91 Å². The van der Waals surface area contributed by atoms with Crippen LogP contribution >= 0.6 is 0 Å². The average molecular weight is 366 g/mol. The molecule has 2 saturated heterocycles. The molecule has 1 aromatic rings. The van der Waals surface area contributed by atoms with Gasteiger partial charge in [-0.25, -0.2) is 8.42 Å². The third-order valence-corrected chi connectivity index (χ3v) is 6.77. The third kappa shape index (κ3) is 2.87. The summed E-state index contributed by atoms with van der Waals surface area (Å²) in [7, 11) is -3.27. The van der Waals surface area contributed by atoms with Crippen LogP contribution in [-0.2, 0) is 10.0 Å². The Morgan fingerprint density at radius 3 is 2.60 bits per heavy atom. The predicted molar refractivity (Wildman–Crippen MR) is 91.2 cm³/mol. The van der Waals surface area contributed by atoms with Crippen LogP contribution in [0.2, 0.25) is 0 Å². The minimum atomic E-state index is -3.27. The summed E-state index contributed by atoms with van der Waals surface area (Å²) in [5.74, 6) is 1.14. The first-order chi connectivity index (χ1) is 11.9. The van der Waals surface area contributed by atoms with Gasteiger partial charge in [-0.3, -0.25) is 4.79 Å². The molecule has 3 heterocycles. The molecule has 3 aliphatic heterocycles. The highest BCUT2D eigenvalue weighted by Gasteiger charge is 2.48. The van der Waals surface area contributed by atoms with Crippen LogP contribution in [0.5, 0.6) is 11.5 Å². The van der Waals surface area contributed by atoms with Crippen molar-refractivity contribution < 1.29 is 22.7 Å². The Labute approximate surface area is 147 Å². The number of rotatable bonds is 2. The summed E-state index contributed by atoms with van der Waals surface area (Å²) in [6.45, 7) is 1.81. The van der Waals surface area contributed by atoms with Gasteiger partial charge < -0.3 is 14.4 Å². The quantitative estimate of drug-likeness (QED) is 0.792. The second kappa shape index (κ2) is 5.88. The lowest BCUT2D eigenvalue weighted by molar-refractivity contribution is 0.0524. The highest BCUT2D eigenvalue weighted by atomic mass is 32.2. The summed E-state index contributed by atoms with van der Waals surface area (Å²) >= 11 is 0. The van der Waals surface area contributed by atoms with E-state index in [4.69, 9.17) is 9.47 Å². The number of sulfonamides is 1. The van der Waals surface area contributed by atoms with Crippen LogP contribution in [0, 0.1) is 0 Å². The van der Waals surface area contributed by atoms with Gasteiger partial charge >= 0.3 is 0 Å². The normalized spacial score (nSPS) is 26.4. The predicted octanol–water partition coefficient (Wildman–Crippen LogP) is 1.45. The third-order valence-electron chi connectivity index (χ3n) is 5.39. The molecule has 8 heteroatoms. The Balaban J connectivity index is 1.58. The Hall–Kier alpha value is -1.80. The summed E-state index contributed by atoms with van der Waals surface area (Å²) < 4.78 is 36.6. The molecule has 4 rings (SSSR count). The molecule has 25 heavy (non-hydrogen) atoms. The Morgan fingerprint density at radius 2 is 1.84 bits per heavy atom. The van der Waals surface area contributed by atoms with Gasteiger partial charge in [0.05, 0.1) is 11.8 Å². The molecular formula is C17H22N2O5S. The molecule has 0 aromatic heterocycles. The van der Waals surface area contributed by atoms with E-state index in [-0.39, 0.29) is 12.7 Å². The standard InChI is InChI=1S/C17H22N2O5S/c1-25(21,22)19-9-3-7-17(19)6-2-8-18(11-17)16(20)13-4-5-14-15(10-13)24-12-23-14/h4-5,10H,2-3,6-9,11-12H2,1H3/t17-/m1/s1. The van der Waals surface area contributed by atoms with Gasteiger partial charge in [0.2, 0.25) is 16.8 Å². The van der Waals surface area contributed by atoms with Crippen LogP contribution in [-0.4, -0.2) is 61.8 Å². The number of carbonyl (C=O) groups is 1. The molecule has 0 N–H and O–H groups in total. The molecule has 1 amide bonds. The highest BCUT2D eigenvalue weighted by molar-refractivity contribution is 7.88. The smallest absolute Gasteiger partial charge is 0.254 e. The van der Waals surface area contributed by atoms with Crippen LogP contribution in [0.25, 0.3) is 0 Å². The molecule has 0 bridgehead atoms. The van der Waals surface area contributed by atoms with Gasteiger partial charge in [-0.15, -0.1) is 0 Å². The van der Waals surface area contributed by atoms with E-state index in [2.05, 4.69) is 0 Å². The van der Waals surface area contributed by atoms with E-state index >= 15 is 0 Å². The van der Waals surface area contributed by atoms with Gasteiger partial charge in [-0.2, -0.15) is 4.31 Å².